The minimum Gasteiger partial charge on any atom is -0.508 e. The number of hydrogen-bond acceptors (Lipinski definition) is 30. The Morgan fingerprint density at radius 2 is 0.655 bits per heavy atom. The minimum absolute atomic E-state index is 0.0104. The number of carboxylic acids is 3. The zero-order valence-electron chi connectivity index (χ0n) is 79.8. The molecule has 0 saturated heterocycles. The third kappa shape index (κ3) is 43.9. The SMILES string of the molecule is C[C@H](NC(=O)[C@H](Cc1cnc[nH]1)NC(=O)[C@H](CO)NC(=O)[C@@H](N)CC(=O)O)C(=O)N[C@@H](CCCCN)C(=O)N[C@@H](CCCNC(=N)N)C(=O)N[C@@H](Cc1cnc[nH]1)C(=O)N[C@@H](Cc1cnc[nH]1)C(=O)NCC(=O)N[C@@H](Cc1ccc(O)cc1)C(=O)N[C@@H](CCCCN)C(=O)N[C@@H](CCCNC(=N)N)C(=O)N[C@@H](CCCCN)C(=O)N[C@@H](Cc1ccccc1)C(=O)N[C@@H](Cc1cnc[nH]1)C(=O)N[C@@H](CCC(=O)O)C(=O)O. The predicted molar refractivity (Wildman–Crippen MR) is 516 cm³/mol. The summed E-state index contributed by atoms with van der Waals surface area (Å²) >= 11 is 0. The van der Waals surface area contributed by atoms with Crippen LogP contribution in [0.25, 0.3) is 0 Å². The first kappa shape index (κ1) is 118. The molecule has 0 aliphatic carbocycles. The lowest BCUT2D eigenvalue weighted by molar-refractivity contribution is -0.143. The van der Waals surface area contributed by atoms with Crippen LogP contribution in [0.2, 0.25) is 0 Å². The summed E-state index contributed by atoms with van der Waals surface area (Å²) in [4.78, 5) is 279. The number of aliphatic hydroxyl groups is 1. The summed E-state index contributed by atoms with van der Waals surface area (Å²) in [6.07, 6.45) is 7.11. The first-order valence-corrected chi connectivity index (χ1v) is 46.8. The number of carboxylic acid groups (broad SMARTS) is 3. The summed E-state index contributed by atoms with van der Waals surface area (Å²) in [5, 5.41) is 108. The van der Waals surface area contributed by atoms with Crippen molar-refractivity contribution >= 4 is 118 Å². The highest BCUT2D eigenvalue weighted by molar-refractivity contribution is 6.01. The molecule has 0 aliphatic heterocycles. The van der Waals surface area contributed by atoms with Gasteiger partial charge in [-0.2, -0.15) is 0 Å². The Morgan fingerprint density at radius 1 is 0.345 bits per heavy atom. The Kier molecular flexibility index (Phi) is 51.0. The number of aliphatic hydroxyl groups excluding tert-OH is 1. The number of aromatic amines is 4. The summed E-state index contributed by atoms with van der Waals surface area (Å²) in [6, 6.07) is -10.2. The number of nitrogens with one attached hydrogen (secondary N) is 23. The van der Waals surface area contributed by atoms with Gasteiger partial charge in [-0.3, -0.25) is 92.3 Å². The zero-order valence-corrected chi connectivity index (χ0v) is 79.8. The molecule has 0 saturated carbocycles. The lowest BCUT2D eigenvalue weighted by atomic mass is 10.0. The standard InChI is InChI=1S/C89H133N33O23/c1-48(109-81(138)66(34-52-39-99-45-106-52)121-86(143)69(43-123)122-74(131)56(93)37-72(128)129)73(130)111-57(15-5-8-26-90)76(133)114-61(19-12-30-103-89(96)97)80(137)119-68(36-54-41-101-47-108-54)85(142)118-65(33-51-38-98-44-105-51)75(132)104-42-70(125)110-63(32-50-20-22-55(124)23-21-50)82(139)115-58(16-6-9-27-91)77(134)113-60(18-11-29-102-88(94)95)78(135)112-59(17-7-10-28-92)79(136)117-64(31-49-13-3-2-4-14-49)83(140)120-67(35-53-40-100-46-107-53)84(141)116-62(87(144)145)24-25-71(126)127/h2-4,13-14,20-23,38-41,44-48,56-69,123-124H,5-12,15-19,24-37,42-43,90-93H2,1H3,(H,98,105)(H,99,106)(H,100,107)(H,101,108)(H,104,132)(H,109,138)(H,110,125)(H,111,130)(H,112,135)(H,113,134)(H,114,133)(H,115,139)(H,116,141)(H,117,136)(H,118,142)(H,119,137)(H,120,140)(H,121,143)(H,122,131)(H,126,127)(H,128,129)(H,144,145)(H4,94,95,102)(H4,96,97,103)/t48-,56-,57-,58-,59-,60-,61-,62-,63-,64-,65-,66-,67-,68-,69-/m0/s1. The van der Waals surface area contributed by atoms with Gasteiger partial charge in [0, 0.05) is 106 Å². The monoisotopic (exact) mass is 2030 g/mol. The quantitative estimate of drug-likeness (QED) is 0.00958. The van der Waals surface area contributed by atoms with E-state index in [-0.39, 0.29) is 158 Å². The van der Waals surface area contributed by atoms with Gasteiger partial charge in [0.2, 0.25) is 88.6 Å². The number of carbonyl (C=O) groups excluding carboxylic acids is 15. The number of carbonyl (C=O) groups is 18. The first-order valence-electron chi connectivity index (χ1n) is 46.8. The van der Waals surface area contributed by atoms with Crippen molar-refractivity contribution in [1.82, 2.24) is 130 Å². The van der Waals surface area contributed by atoms with Crippen molar-refractivity contribution in [1.29, 1.82) is 10.8 Å². The molecule has 2 aromatic carbocycles. The van der Waals surface area contributed by atoms with E-state index >= 15 is 14.4 Å². The van der Waals surface area contributed by atoms with Gasteiger partial charge >= 0.3 is 17.9 Å². The van der Waals surface area contributed by atoms with E-state index < -0.39 is 241 Å². The number of hydrogen-bond donors (Lipinski definition) is 34. The molecule has 792 valence electrons. The molecular weight excluding hydrogens is 1900 g/mol. The van der Waals surface area contributed by atoms with Gasteiger partial charge in [0.25, 0.3) is 0 Å². The third-order valence-electron chi connectivity index (χ3n) is 22.4. The lowest BCUT2D eigenvalue weighted by Gasteiger charge is -2.28. The molecule has 4 heterocycles. The van der Waals surface area contributed by atoms with Crippen LogP contribution in [0.1, 0.15) is 144 Å². The summed E-state index contributed by atoms with van der Waals surface area (Å²) in [6.45, 7) is -0.412. The molecule has 6 aromatic rings. The van der Waals surface area contributed by atoms with Crippen LogP contribution in [-0.2, 0) is 125 Å². The molecule has 6 rings (SSSR count). The Balaban J connectivity index is 1.23. The van der Waals surface area contributed by atoms with Crippen molar-refractivity contribution in [2.75, 3.05) is 45.9 Å². The Morgan fingerprint density at radius 3 is 0.993 bits per heavy atom. The van der Waals surface area contributed by atoms with Crippen LogP contribution in [0, 0.1) is 10.8 Å². The largest absolute Gasteiger partial charge is 0.508 e. The van der Waals surface area contributed by atoms with E-state index in [9.17, 15) is 92.3 Å². The Hall–Kier alpha value is -16.1. The molecule has 0 spiro atoms. The van der Waals surface area contributed by atoms with Gasteiger partial charge in [-0.05, 0) is 140 Å². The normalized spacial score (nSPS) is 14.1. The summed E-state index contributed by atoms with van der Waals surface area (Å²) in [7, 11) is 0. The Labute approximate surface area is 831 Å². The van der Waals surface area contributed by atoms with Crippen molar-refractivity contribution in [3.63, 3.8) is 0 Å². The summed E-state index contributed by atoms with van der Waals surface area (Å²) in [5.41, 5.74) is 36.4. The number of aromatic hydroxyl groups is 1. The van der Waals surface area contributed by atoms with Gasteiger partial charge in [-0.1, -0.05) is 42.5 Å². The third-order valence-corrected chi connectivity index (χ3v) is 22.4. The van der Waals surface area contributed by atoms with E-state index in [2.05, 4.69) is 130 Å². The van der Waals surface area contributed by atoms with E-state index in [0.29, 0.717) is 36.1 Å². The number of nitrogens with two attached hydrogens (primary N) is 6. The number of benzene rings is 2. The molecule has 15 atom stereocenters. The second-order valence-electron chi connectivity index (χ2n) is 34.0. The van der Waals surface area contributed by atoms with Crippen molar-refractivity contribution in [3.05, 3.63) is 139 Å². The number of amides is 15. The maximum atomic E-state index is 15.0. The minimum atomic E-state index is -1.75. The number of unbranched alkanes of at least 4 members (excludes halogenated alkanes) is 3. The second kappa shape index (κ2) is 62.9. The number of nitrogens with zero attached hydrogens (tertiary/aromatic N) is 4. The zero-order chi connectivity index (χ0) is 106. The van der Waals surface area contributed by atoms with Gasteiger partial charge in [-0.25, -0.2) is 24.7 Å². The molecule has 145 heavy (non-hydrogen) atoms. The molecular formula is C89H133N33O23. The summed E-state index contributed by atoms with van der Waals surface area (Å²) in [5.74, 6) is -20.6. The van der Waals surface area contributed by atoms with Crippen LogP contribution >= 0.6 is 0 Å². The highest BCUT2D eigenvalue weighted by Crippen LogP contribution is 2.17. The van der Waals surface area contributed by atoms with Crippen LogP contribution < -0.4 is 125 Å². The number of rotatable bonds is 69. The van der Waals surface area contributed by atoms with Crippen molar-refractivity contribution in [2.24, 2.45) is 34.4 Å². The number of guanidine groups is 2. The van der Waals surface area contributed by atoms with Crippen molar-refractivity contribution in [3.8, 4) is 5.75 Å². The molecule has 15 amide bonds. The molecule has 0 unspecified atom stereocenters. The number of imidazole rings is 4. The molecule has 56 nitrogen and oxygen atoms in total. The molecule has 56 heteroatoms. The van der Waals surface area contributed by atoms with E-state index in [1.54, 1.807) is 30.3 Å². The van der Waals surface area contributed by atoms with E-state index in [1.807, 2.05) is 0 Å². The van der Waals surface area contributed by atoms with Gasteiger partial charge in [0.05, 0.1) is 50.9 Å². The topological polar surface area (TPSA) is 931 Å². The van der Waals surface area contributed by atoms with Crippen molar-refractivity contribution in [2.45, 2.75) is 239 Å². The number of aliphatic carboxylic acids is 3. The van der Waals surface area contributed by atoms with Crippen molar-refractivity contribution < 1.29 is 112 Å². The van der Waals surface area contributed by atoms with E-state index in [4.69, 9.17) is 50.3 Å². The molecule has 40 N–H and O–H groups in total. The lowest BCUT2D eigenvalue weighted by Crippen LogP contribution is -2.61. The van der Waals surface area contributed by atoms with Crippen LogP contribution in [0.3, 0.4) is 0 Å². The summed E-state index contributed by atoms with van der Waals surface area (Å²) < 4.78 is 0. The highest BCUT2D eigenvalue weighted by Gasteiger charge is 2.39. The smallest absolute Gasteiger partial charge is 0.326 e. The van der Waals surface area contributed by atoms with Crippen LogP contribution in [-0.4, -0.2) is 320 Å². The fourth-order valence-corrected chi connectivity index (χ4v) is 14.5. The fraction of sp³-hybridized carbons (Fsp3) is 0.506. The maximum absolute atomic E-state index is 15.0. The highest BCUT2D eigenvalue weighted by atomic mass is 16.4. The van der Waals surface area contributed by atoms with Crippen LogP contribution in [0.5, 0.6) is 5.75 Å². The molecule has 0 bridgehead atoms. The van der Waals surface area contributed by atoms with Crippen LogP contribution in [0.15, 0.2) is 105 Å². The van der Waals surface area contributed by atoms with Gasteiger partial charge in [-0.15, -0.1) is 0 Å². The van der Waals surface area contributed by atoms with E-state index in [0.717, 1.165) is 0 Å². The second-order valence-corrected chi connectivity index (χ2v) is 34.0. The average Bonchev–Trinajstić information content (AvgIpc) is 1.58. The number of phenols is 1. The number of H-pyrrole nitrogens is 4. The van der Waals surface area contributed by atoms with Crippen LogP contribution in [0.4, 0.5) is 0 Å². The molecule has 0 aliphatic rings. The van der Waals surface area contributed by atoms with Gasteiger partial charge < -0.3 is 170 Å². The van der Waals surface area contributed by atoms with Gasteiger partial charge in [0.15, 0.2) is 11.9 Å². The number of phenolic OH excluding ortho intramolecular Hbond substituents is 1. The fourth-order valence-electron chi connectivity index (χ4n) is 14.5. The Bertz CT molecular complexity index is 5200. The number of aromatic nitrogens is 8. The van der Waals surface area contributed by atoms with Gasteiger partial charge in [0.1, 0.15) is 90.3 Å². The molecule has 0 fully saturated rings. The molecule has 0 radical (unpaired) electrons. The van der Waals surface area contributed by atoms with E-state index in [1.165, 1.54) is 81.3 Å². The first-order chi connectivity index (χ1) is 69.3. The predicted octanol–water partition coefficient (Wildman–Crippen LogP) is -9.38. The molecule has 4 aromatic heterocycles. The average molecular weight is 2030 g/mol. The maximum Gasteiger partial charge on any atom is 0.326 e.